The third kappa shape index (κ3) is 4.31. The fraction of sp³-hybridized carbons (Fsp3) is 0.308. The van der Waals surface area contributed by atoms with Crippen LogP contribution in [0.3, 0.4) is 0 Å². The average molecular weight is 199 g/mol. The molecule has 0 aliphatic rings. The number of benzene rings is 1. The van der Waals surface area contributed by atoms with Gasteiger partial charge in [-0.3, -0.25) is 0 Å². The summed E-state index contributed by atoms with van der Waals surface area (Å²) < 4.78 is 0. The Balaban J connectivity index is 2.46. The molecule has 0 saturated heterocycles. The summed E-state index contributed by atoms with van der Waals surface area (Å²) in [5.41, 5.74) is 1.58. The normalized spacial score (nSPS) is 8.80. The molecule has 0 amide bonds. The highest BCUT2D eigenvalue weighted by Gasteiger charge is 1.88. The lowest BCUT2D eigenvalue weighted by molar-refractivity contribution is 0.285. The SMILES string of the molecule is N#Cc1ccc(C#CCCCCO)cc1. The van der Waals surface area contributed by atoms with Crippen LogP contribution in [0.15, 0.2) is 24.3 Å². The van der Waals surface area contributed by atoms with Crippen molar-refractivity contribution in [3.63, 3.8) is 0 Å². The summed E-state index contributed by atoms with van der Waals surface area (Å²) >= 11 is 0. The highest BCUT2D eigenvalue weighted by Crippen LogP contribution is 2.01. The van der Waals surface area contributed by atoms with Gasteiger partial charge in [-0.15, -0.1) is 0 Å². The highest BCUT2D eigenvalue weighted by atomic mass is 16.2. The number of nitrogens with zero attached hydrogens (tertiary/aromatic N) is 1. The second-order valence-corrected chi connectivity index (χ2v) is 3.17. The molecule has 2 nitrogen and oxygen atoms in total. The van der Waals surface area contributed by atoms with Gasteiger partial charge in [-0.2, -0.15) is 5.26 Å². The molecule has 1 rings (SSSR count). The van der Waals surface area contributed by atoms with Crippen LogP contribution in [-0.2, 0) is 0 Å². The fourth-order valence-electron chi connectivity index (χ4n) is 1.12. The van der Waals surface area contributed by atoms with Crippen LogP contribution in [0.25, 0.3) is 0 Å². The summed E-state index contributed by atoms with van der Waals surface area (Å²) in [6, 6.07) is 9.28. The van der Waals surface area contributed by atoms with E-state index in [0.29, 0.717) is 5.56 Å². The minimum atomic E-state index is 0.235. The highest BCUT2D eigenvalue weighted by molar-refractivity contribution is 5.39. The van der Waals surface area contributed by atoms with Crippen molar-refractivity contribution >= 4 is 0 Å². The van der Waals surface area contributed by atoms with Gasteiger partial charge >= 0.3 is 0 Å². The van der Waals surface area contributed by atoms with Crippen LogP contribution in [0.5, 0.6) is 0 Å². The Kier molecular flexibility index (Phi) is 5.01. The van der Waals surface area contributed by atoms with Crippen molar-refractivity contribution in [2.75, 3.05) is 6.61 Å². The summed E-state index contributed by atoms with van der Waals surface area (Å²) in [6.07, 6.45) is 2.54. The lowest BCUT2D eigenvalue weighted by Crippen LogP contribution is -1.81. The van der Waals surface area contributed by atoms with Crippen molar-refractivity contribution in [2.45, 2.75) is 19.3 Å². The monoisotopic (exact) mass is 199 g/mol. The molecule has 1 aromatic rings. The van der Waals surface area contributed by atoms with Crippen molar-refractivity contribution in [3.8, 4) is 17.9 Å². The van der Waals surface area contributed by atoms with E-state index in [9.17, 15) is 0 Å². The molecule has 0 heterocycles. The molecule has 0 radical (unpaired) electrons. The van der Waals surface area contributed by atoms with Crippen LogP contribution in [0.4, 0.5) is 0 Å². The Hall–Kier alpha value is -1.77. The summed E-state index contributed by atoms with van der Waals surface area (Å²) in [7, 11) is 0. The summed E-state index contributed by atoms with van der Waals surface area (Å²) in [5.74, 6) is 6.04. The topological polar surface area (TPSA) is 44.0 Å². The van der Waals surface area contributed by atoms with Crippen molar-refractivity contribution < 1.29 is 5.11 Å². The Labute approximate surface area is 90.2 Å². The molecule has 1 N–H and O–H groups in total. The first-order valence-corrected chi connectivity index (χ1v) is 4.96. The van der Waals surface area contributed by atoms with Crippen LogP contribution >= 0.6 is 0 Å². The van der Waals surface area contributed by atoms with Gasteiger partial charge in [-0.1, -0.05) is 11.8 Å². The minimum absolute atomic E-state index is 0.235. The average Bonchev–Trinajstić information content (AvgIpc) is 2.30. The standard InChI is InChI=1S/C13H13NO/c14-11-13-8-6-12(7-9-13)5-3-1-2-4-10-15/h6-9,15H,1-2,4,10H2. The van der Waals surface area contributed by atoms with Crippen LogP contribution in [-0.4, -0.2) is 11.7 Å². The molecule has 1 aromatic carbocycles. The van der Waals surface area contributed by atoms with E-state index in [-0.39, 0.29) is 6.61 Å². The molecule has 0 fully saturated rings. The molecule has 0 aliphatic carbocycles. The Morgan fingerprint density at radius 2 is 1.73 bits per heavy atom. The van der Waals surface area contributed by atoms with Gasteiger partial charge < -0.3 is 5.11 Å². The Morgan fingerprint density at radius 1 is 1.07 bits per heavy atom. The van der Waals surface area contributed by atoms with E-state index in [1.54, 1.807) is 12.1 Å². The molecule has 76 valence electrons. The van der Waals surface area contributed by atoms with Gasteiger partial charge in [-0.05, 0) is 37.1 Å². The van der Waals surface area contributed by atoms with Gasteiger partial charge in [0.05, 0.1) is 11.6 Å². The number of nitriles is 1. The number of unbranched alkanes of at least 4 members (excludes halogenated alkanes) is 2. The molecule has 0 atom stereocenters. The maximum Gasteiger partial charge on any atom is 0.0991 e. The first kappa shape index (κ1) is 11.3. The number of aliphatic hydroxyl groups is 1. The van der Waals surface area contributed by atoms with E-state index in [0.717, 1.165) is 24.8 Å². The third-order valence-corrected chi connectivity index (χ3v) is 1.96. The van der Waals surface area contributed by atoms with E-state index in [1.807, 2.05) is 12.1 Å². The molecule has 0 aromatic heterocycles. The van der Waals surface area contributed by atoms with Gasteiger partial charge in [-0.25, -0.2) is 0 Å². The Bertz CT molecular complexity index is 389. The van der Waals surface area contributed by atoms with Crippen LogP contribution < -0.4 is 0 Å². The Morgan fingerprint density at radius 3 is 2.33 bits per heavy atom. The first-order valence-electron chi connectivity index (χ1n) is 4.96. The summed E-state index contributed by atoms with van der Waals surface area (Å²) in [5, 5.41) is 17.2. The zero-order valence-electron chi connectivity index (χ0n) is 8.53. The molecular formula is C13H13NO. The second-order valence-electron chi connectivity index (χ2n) is 3.17. The van der Waals surface area contributed by atoms with Gasteiger partial charge in [0.25, 0.3) is 0 Å². The van der Waals surface area contributed by atoms with Crippen LogP contribution in [0.2, 0.25) is 0 Å². The maximum atomic E-state index is 8.59. The molecule has 0 saturated carbocycles. The lowest BCUT2D eigenvalue weighted by atomic mass is 10.1. The fourth-order valence-corrected chi connectivity index (χ4v) is 1.12. The van der Waals surface area contributed by atoms with Crippen LogP contribution in [0.1, 0.15) is 30.4 Å². The number of hydrogen-bond donors (Lipinski definition) is 1. The van der Waals surface area contributed by atoms with E-state index in [1.165, 1.54) is 0 Å². The maximum absolute atomic E-state index is 8.59. The third-order valence-electron chi connectivity index (χ3n) is 1.96. The van der Waals surface area contributed by atoms with E-state index in [2.05, 4.69) is 17.9 Å². The molecule has 15 heavy (non-hydrogen) atoms. The van der Waals surface area contributed by atoms with E-state index in [4.69, 9.17) is 10.4 Å². The predicted octanol–water partition coefficient (Wildman–Crippen LogP) is 2.07. The van der Waals surface area contributed by atoms with Gasteiger partial charge in [0.1, 0.15) is 0 Å². The zero-order valence-corrected chi connectivity index (χ0v) is 8.53. The molecule has 0 spiro atoms. The van der Waals surface area contributed by atoms with Crippen molar-refractivity contribution in [1.82, 2.24) is 0 Å². The van der Waals surface area contributed by atoms with Crippen molar-refractivity contribution in [2.24, 2.45) is 0 Å². The lowest BCUT2D eigenvalue weighted by Gasteiger charge is -1.90. The molecule has 0 aliphatic heterocycles. The zero-order chi connectivity index (χ0) is 10.9. The predicted molar refractivity (Wildman–Crippen MR) is 59.0 cm³/mol. The molecule has 0 bridgehead atoms. The van der Waals surface area contributed by atoms with E-state index >= 15 is 0 Å². The van der Waals surface area contributed by atoms with Crippen LogP contribution in [0, 0.1) is 23.2 Å². The smallest absolute Gasteiger partial charge is 0.0991 e. The van der Waals surface area contributed by atoms with Crippen molar-refractivity contribution in [3.05, 3.63) is 35.4 Å². The first-order chi connectivity index (χ1) is 7.36. The molecular weight excluding hydrogens is 186 g/mol. The number of hydrogen-bond acceptors (Lipinski definition) is 2. The molecule has 0 unspecified atom stereocenters. The van der Waals surface area contributed by atoms with Gasteiger partial charge in [0.15, 0.2) is 0 Å². The quantitative estimate of drug-likeness (QED) is 0.598. The summed E-state index contributed by atoms with van der Waals surface area (Å²) in [4.78, 5) is 0. The minimum Gasteiger partial charge on any atom is -0.396 e. The second kappa shape index (κ2) is 6.65. The number of rotatable bonds is 3. The number of aliphatic hydroxyl groups excluding tert-OH is 1. The van der Waals surface area contributed by atoms with Gasteiger partial charge in [0.2, 0.25) is 0 Å². The molecule has 2 heteroatoms. The largest absolute Gasteiger partial charge is 0.396 e. The van der Waals surface area contributed by atoms with E-state index < -0.39 is 0 Å². The summed E-state index contributed by atoms with van der Waals surface area (Å²) in [6.45, 7) is 0.235. The van der Waals surface area contributed by atoms with Crippen molar-refractivity contribution in [1.29, 1.82) is 5.26 Å². The van der Waals surface area contributed by atoms with Gasteiger partial charge in [0, 0.05) is 18.6 Å².